The molecular formula is C11H19N. The standard InChI is InChI=1S/C11H19N/c1-11-7-6-10(11)12(8-11)9-4-2-3-5-9/h9-10H,2-8H2,1H3. The van der Waals surface area contributed by atoms with Crippen molar-refractivity contribution in [2.45, 2.75) is 57.5 Å². The third kappa shape index (κ3) is 0.783. The van der Waals surface area contributed by atoms with Gasteiger partial charge in [0, 0.05) is 18.6 Å². The molecule has 1 nitrogen and oxygen atoms in total. The molecule has 0 aromatic heterocycles. The van der Waals surface area contributed by atoms with Gasteiger partial charge in [-0.15, -0.1) is 0 Å². The Kier molecular flexibility index (Phi) is 1.39. The summed E-state index contributed by atoms with van der Waals surface area (Å²) in [5.41, 5.74) is 0.766. The Morgan fingerprint density at radius 3 is 2.33 bits per heavy atom. The Hall–Kier alpha value is -0.0400. The molecule has 0 spiro atoms. The molecule has 1 heteroatoms. The largest absolute Gasteiger partial charge is 0.296 e. The number of likely N-dealkylation sites (tertiary alicyclic amines) is 1. The average Bonchev–Trinajstić information content (AvgIpc) is 2.53. The molecule has 1 heterocycles. The minimum Gasteiger partial charge on any atom is -0.296 e. The smallest absolute Gasteiger partial charge is 0.0165 e. The molecule has 2 aliphatic carbocycles. The summed E-state index contributed by atoms with van der Waals surface area (Å²) in [6.45, 7) is 3.90. The highest BCUT2D eigenvalue weighted by molar-refractivity contribution is 5.11. The summed E-state index contributed by atoms with van der Waals surface area (Å²) in [7, 11) is 0. The Balaban J connectivity index is 1.66. The quantitative estimate of drug-likeness (QED) is 0.576. The van der Waals surface area contributed by atoms with E-state index in [1.54, 1.807) is 0 Å². The fourth-order valence-corrected chi connectivity index (χ4v) is 3.55. The van der Waals surface area contributed by atoms with E-state index < -0.39 is 0 Å². The summed E-state index contributed by atoms with van der Waals surface area (Å²) in [6.07, 6.45) is 8.96. The second-order valence-corrected chi connectivity index (χ2v) is 5.32. The van der Waals surface area contributed by atoms with E-state index in [0.29, 0.717) is 0 Å². The summed E-state index contributed by atoms with van der Waals surface area (Å²) >= 11 is 0. The van der Waals surface area contributed by atoms with Crippen LogP contribution >= 0.6 is 0 Å². The van der Waals surface area contributed by atoms with Crippen LogP contribution in [0.4, 0.5) is 0 Å². The van der Waals surface area contributed by atoms with E-state index in [9.17, 15) is 0 Å². The van der Waals surface area contributed by atoms with E-state index >= 15 is 0 Å². The van der Waals surface area contributed by atoms with Crippen molar-refractivity contribution in [1.29, 1.82) is 0 Å². The summed E-state index contributed by atoms with van der Waals surface area (Å²) in [5, 5.41) is 0. The van der Waals surface area contributed by atoms with Gasteiger partial charge in [0.1, 0.15) is 0 Å². The minimum absolute atomic E-state index is 0.766. The lowest BCUT2D eigenvalue weighted by Gasteiger charge is -2.65. The van der Waals surface area contributed by atoms with Crippen LogP contribution in [-0.4, -0.2) is 23.5 Å². The molecule has 68 valence electrons. The molecular weight excluding hydrogens is 146 g/mol. The van der Waals surface area contributed by atoms with Gasteiger partial charge in [0.05, 0.1) is 0 Å². The van der Waals surface area contributed by atoms with Crippen molar-refractivity contribution in [2.24, 2.45) is 5.41 Å². The lowest BCUT2D eigenvalue weighted by molar-refractivity contribution is -0.157. The highest BCUT2D eigenvalue weighted by Crippen LogP contribution is 2.54. The molecule has 3 rings (SSSR count). The molecule has 1 saturated heterocycles. The van der Waals surface area contributed by atoms with Crippen LogP contribution in [0.15, 0.2) is 0 Å². The van der Waals surface area contributed by atoms with Gasteiger partial charge >= 0.3 is 0 Å². The van der Waals surface area contributed by atoms with Crippen LogP contribution in [0.25, 0.3) is 0 Å². The van der Waals surface area contributed by atoms with Crippen LogP contribution in [0.1, 0.15) is 45.4 Å². The average molecular weight is 165 g/mol. The minimum atomic E-state index is 0.766. The van der Waals surface area contributed by atoms with Crippen molar-refractivity contribution >= 4 is 0 Å². The van der Waals surface area contributed by atoms with Crippen LogP contribution in [0.3, 0.4) is 0 Å². The van der Waals surface area contributed by atoms with E-state index in [2.05, 4.69) is 11.8 Å². The molecule has 2 unspecified atom stereocenters. The summed E-state index contributed by atoms with van der Waals surface area (Å²) in [6, 6.07) is 1.99. The second-order valence-electron chi connectivity index (χ2n) is 5.32. The van der Waals surface area contributed by atoms with E-state index in [1.165, 1.54) is 45.1 Å². The van der Waals surface area contributed by atoms with Gasteiger partial charge in [-0.05, 0) is 31.1 Å². The van der Waals surface area contributed by atoms with Crippen molar-refractivity contribution in [3.8, 4) is 0 Å². The first-order chi connectivity index (χ1) is 5.80. The van der Waals surface area contributed by atoms with Crippen molar-refractivity contribution in [2.75, 3.05) is 6.54 Å². The predicted octanol–water partition coefficient (Wildman–Crippen LogP) is 2.41. The summed E-state index contributed by atoms with van der Waals surface area (Å²) < 4.78 is 0. The van der Waals surface area contributed by atoms with Crippen molar-refractivity contribution in [3.63, 3.8) is 0 Å². The lowest BCUT2D eigenvalue weighted by atomic mass is 9.58. The van der Waals surface area contributed by atoms with Crippen LogP contribution in [0.5, 0.6) is 0 Å². The highest BCUT2D eigenvalue weighted by Gasteiger charge is 2.57. The number of hydrogen-bond acceptors (Lipinski definition) is 1. The molecule has 0 aromatic carbocycles. The third-order valence-electron chi connectivity index (χ3n) is 4.53. The highest BCUT2D eigenvalue weighted by atomic mass is 15.3. The molecule has 1 aliphatic heterocycles. The Bertz CT molecular complexity index is 193. The molecule has 12 heavy (non-hydrogen) atoms. The van der Waals surface area contributed by atoms with Gasteiger partial charge in [0.15, 0.2) is 0 Å². The zero-order valence-corrected chi connectivity index (χ0v) is 8.05. The number of fused-ring (bicyclic) bond motifs is 1. The monoisotopic (exact) mass is 165 g/mol. The normalized spacial score (nSPS) is 48.2. The number of piperidine rings is 1. The Labute approximate surface area is 75.1 Å². The van der Waals surface area contributed by atoms with Gasteiger partial charge in [-0.1, -0.05) is 19.8 Å². The topological polar surface area (TPSA) is 3.24 Å². The molecule has 3 fully saturated rings. The van der Waals surface area contributed by atoms with Gasteiger partial charge in [-0.25, -0.2) is 0 Å². The maximum atomic E-state index is 2.80. The number of rotatable bonds is 1. The Morgan fingerprint density at radius 1 is 1.17 bits per heavy atom. The number of hydrogen-bond donors (Lipinski definition) is 0. The van der Waals surface area contributed by atoms with Crippen molar-refractivity contribution < 1.29 is 0 Å². The van der Waals surface area contributed by atoms with Crippen molar-refractivity contribution in [3.05, 3.63) is 0 Å². The second kappa shape index (κ2) is 2.25. The maximum Gasteiger partial charge on any atom is 0.0165 e. The first-order valence-electron chi connectivity index (χ1n) is 5.55. The SMILES string of the molecule is CC12CCC1N(C1CCCC1)C2. The fraction of sp³-hybridized carbons (Fsp3) is 1.00. The molecule has 0 aromatic rings. The van der Waals surface area contributed by atoms with Crippen LogP contribution in [0.2, 0.25) is 0 Å². The van der Waals surface area contributed by atoms with E-state index in [0.717, 1.165) is 17.5 Å². The van der Waals surface area contributed by atoms with E-state index in [4.69, 9.17) is 0 Å². The fourth-order valence-electron chi connectivity index (χ4n) is 3.55. The van der Waals surface area contributed by atoms with Gasteiger partial charge in [0.25, 0.3) is 0 Å². The van der Waals surface area contributed by atoms with E-state index in [-0.39, 0.29) is 0 Å². The zero-order chi connectivity index (χ0) is 8.18. The van der Waals surface area contributed by atoms with Gasteiger partial charge in [-0.3, -0.25) is 4.90 Å². The maximum absolute atomic E-state index is 2.80. The van der Waals surface area contributed by atoms with Gasteiger partial charge < -0.3 is 0 Å². The van der Waals surface area contributed by atoms with Crippen LogP contribution < -0.4 is 0 Å². The molecule has 3 aliphatic rings. The summed E-state index contributed by atoms with van der Waals surface area (Å²) in [5.74, 6) is 0. The molecule has 2 saturated carbocycles. The molecule has 0 amide bonds. The Morgan fingerprint density at radius 2 is 1.92 bits per heavy atom. The number of nitrogens with zero attached hydrogens (tertiary/aromatic N) is 1. The zero-order valence-electron chi connectivity index (χ0n) is 8.05. The first-order valence-corrected chi connectivity index (χ1v) is 5.55. The van der Waals surface area contributed by atoms with Gasteiger partial charge in [0.2, 0.25) is 0 Å². The molecule has 0 N–H and O–H groups in total. The lowest BCUT2D eigenvalue weighted by Crippen LogP contribution is -2.71. The van der Waals surface area contributed by atoms with Crippen molar-refractivity contribution in [1.82, 2.24) is 4.90 Å². The first kappa shape index (κ1) is 7.37. The van der Waals surface area contributed by atoms with Crippen LogP contribution in [0, 0.1) is 5.41 Å². The predicted molar refractivity (Wildman–Crippen MR) is 50.1 cm³/mol. The molecule has 2 atom stereocenters. The van der Waals surface area contributed by atoms with Crippen LogP contribution in [-0.2, 0) is 0 Å². The summed E-state index contributed by atoms with van der Waals surface area (Å²) in [4.78, 5) is 2.80. The molecule has 0 bridgehead atoms. The molecule has 0 radical (unpaired) electrons. The van der Waals surface area contributed by atoms with Gasteiger partial charge in [-0.2, -0.15) is 0 Å². The third-order valence-corrected chi connectivity index (χ3v) is 4.53. The van der Waals surface area contributed by atoms with E-state index in [1.807, 2.05) is 0 Å².